The molecular formula is C9H11F3N2. The average molecular weight is 204 g/mol. The first-order valence-electron chi connectivity index (χ1n) is 4.05. The second kappa shape index (κ2) is 3.77. The molecule has 0 fully saturated rings. The minimum absolute atomic E-state index is 0.425. The Morgan fingerprint density at radius 3 is 2.50 bits per heavy atom. The molecule has 0 saturated heterocycles. The van der Waals surface area contributed by atoms with Crippen LogP contribution in [-0.2, 0) is 0 Å². The fraction of sp³-hybridized carbons (Fsp3) is 0.333. The van der Waals surface area contributed by atoms with Gasteiger partial charge < -0.3 is 11.1 Å². The summed E-state index contributed by atoms with van der Waals surface area (Å²) >= 11 is 0. The first-order chi connectivity index (χ1) is 6.38. The third-order valence-corrected chi connectivity index (χ3v) is 1.76. The minimum atomic E-state index is -4.20. The number of hydrogen-bond donors (Lipinski definition) is 2. The summed E-state index contributed by atoms with van der Waals surface area (Å²) in [6.07, 6.45) is -4.20. The highest BCUT2D eigenvalue weighted by Crippen LogP contribution is 2.19. The van der Waals surface area contributed by atoms with E-state index in [-0.39, 0.29) is 0 Å². The molecule has 0 aliphatic heterocycles. The number of benzene rings is 1. The minimum Gasteiger partial charge on any atom is -0.399 e. The van der Waals surface area contributed by atoms with Crippen molar-refractivity contribution < 1.29 is 13.2 Å². The molecule has 5 heteroatoms. The Morgan fingerprint density at radius 1 is 1.36 bits per heavy atom. The lowest BCUT2D eigenvalue weighted by molar-refractivity contribution is -0.115. The number of aryl methyl sites for hydroxylation is 1. The van der Waals surface area contributed by atoms with E-state index < -0.39 is 12.7 Å². The maximum atomic E-state index is 11.8. The van der Waals surface area contributed by atoms with E-state index in [1.807, 2.05) is 0 Å². The Kier molecular flexibility index (Phi) is 2.88. The fourth-order valence-electron chi connectivity index (χ4n) is 0.988. The third kappa shape index (κ3) is 3.16. The van der Waals surface area contributed by atoms with Crippen LogP contribution in [0, 0.1) is 6.92 Å². The summed E-state index contributed by atoms with van der Waals surface area (Å²) in [5.41, 5.74) is 7.28. The lowest BCUT2D eigenvalue weighted by atomic mass is 10.2. The quantitative estimate of drug-likeness (QED) is 0.726. The topological polar surface area (TPSA) is 38.0 Å². The predicted molar refractivity (Wildman–Crippen MR) is 50.1 cm³/mol. The van der Waals surface area contributed by atoms with E-state index >= 15 is 0 Å². The zero-order chi connectivity index (χ0) is 10.8. The van der Waals surface area contributed by atoms with E-state index in [2.05, 4.69) is 5.32 Å². The van der Waals surface area contributed by atoms with E-state index in [9.17, 15) is 13.2 Å². The number of rotatable bonds is 2. The molecule has 14 heavy (non-hydrogen) atoms. The monoisotopic (exact) mass is 204 g/mol. The van der Waals surface area contributed by atoms with Crippen LogP contribution >= 0.6 is 0 Å². The van der Waals surface area contributed by atoms with Gasteiger partial charge >= 0.3 is 6.18 Å². The molecule has 0 atom stereocenters. The summed E-state index contributed by atoms with van der Waals surface area (Å²) in [5, 5.41) is 2.27. The molecule has 0 aliphatic rings. The maximum absolute atomic E-state index is 11.8. The largest absolute Gasteiger partial charge is 0.405 e. The SMILES string of the molecule is Cc1cc(NCC(F)(F)F)ccc1N. The van der Waals surface area contributed by atoms with Gasteiger partial charge in [-0.3, -0.25) is 0 Å². The standard InChI is InChI=1S/C9H11F3N2/c1-6-4-7(2-3-8(6)13)14-5-9(10,11)12/h2-4,14H,5,13H2,1H3. The Hall–Kier alpha value is -1.39. The number of nitrogens with one attached hydrogen (secondary N) is 1. The number of hydrogen-bond acceptors (Lipinski definition) is 2. The van der Waals surface area contributed by atoms with Gasteiger partial charge in [0.15, 0.2) is 0 Å². The van der Waals surface area contributed by atoms with Crippen molar-refractivity contribution in [2.24, 2.45) is 0 Å². The summed E-state index contributed by atoms with van der Waals surface area (Å²) in [4.78, 5) is 0. The van der Waals surface area contributed by atoms with Crippen molar-refractivity contribution in [3.63, 3.8) is 0 Å². The molecule has 0 aliphatic carbocycles. The van der Waals surface area contributed by atoms with Crippen LogP contribution in [0.25, 0.3) is 0 Å². The van der Waals surface area contributed by atoms with Crippen molar-refractivity contribution in [3.05, 3.63) is 23.8 Å². The highest BCUT2D eigenvalue weighted by molar-refractivity contribution is 5.56. The van der Waals surface area contributed by atoms with Gasteiger partial charge in [-0.15, -0.1) is 0 Å². The lowest BCUT2D eigenvalue weighted by Gasteiger charge is -2.10. The highest BCUT2D eigenvalue weighted by atomic mass is 19.4. The normalized spacial score (nSPS) is 11.4. The Labute approximate surface area is 79.9 Å². The van der Waals surface area contributed by atoms with Crippen LogP contribution in [0.15, 0.2) is 18.2 Å². The molecule has 78 valence electrons. The van der Waals surface area contributed by atoms with Crippen molar-refractivity contribution >= 4 is 11.4 Å². The summed E-state index contributed by atoms with van der Waals surface area (Å²) in [5.74, 6) is 0. The fourth-order valence-corrected chi connectivity index (χ4v) is 0.988. The van der Waals surface area contributed by atoms with Crippen molar-refractivity contribution in [2.75, 3.05) is 17.6 Å². The van der Waals surface area contributed by atoms with Gasteiger partial charge in [0.2, 0.25) is 0 Å². The second-order valence-corrected chi connectivity index (χ2v) is 3.04. The van der Waals surface area contributed by atoms with Crippen molar-refractivity contribution in [1.82, 2.24) is 0 Å². The summed E-state index contributed by atoms with van der Waals surface area (Å²) in [6, 6.07) is 4.68. The van der Waals surface area contributed by atoms with Crippen LogP contribution in [0.1, 0.15) is 5.56 Å². The third-order valence-electron chi connectivity index (χ3n) is 1.76. The molecule has 1 aromatic carbocycles. The van der Waals surface area contributed by atoms with Crippen LogP contribution in [0.3, 0.4) is 0 Å². The van der Waals surface area contributed by atoms with Gasteiger partial charge in [0, 0.05) is 11.4 Å². The Bertz CT molecular complexity index is 320. The smallest absolute Gasteiger partial charge is 0.399 e. The first kappa shape index (κ1) is 10.7. The zero-order valence-electron chi connectivity index (χ0n) is 7.65. The molecule has 0 radical (unpaired) electrons. The molecule has 0 spiro atoms. The van der Waals surface area contributed by atoms with E-state index in [0.29, 0.717) is 11.4 Å². The Balaban J connectivity index is 2.65. The summed E-state index contributed by atoms with van der Waals surface area (Å²) < 4.78 is 35.5. The van der Waals surface area contributed by atoms with Crippen molar-refractivity contribution in [3.8, 4) is 0 Å². The molecule has 0 bridgehead atoms. The zero-order valence-corrected chi connectivity index (χ0v) is 7.65. The number of alkyl halides is 3. The van der Waals surface area contributed by atoms with Gasteiger partial charge in [0.1, 0.15) is 6.54 Å². The molecule has 0 heterocycles. The molecule has 0 saturated carbocycles. The molecule has 0 aromatic heterocycles. The highest BCUT2D eigenvalue weighted by Gasteiger charge is 2.26. The van der Waals surface area contributed by atoms with Crippen LogP contribution in [0.5, 0.6) is 0 Å². The van der Waals surface area contributed by atoms with Gasteiger partial charge in [0.25, 0.3) is 0 Å². The number of anilines is 2. The van der Waals surface area contributed by atoms with E-state index in [0.717, 1.165) is 5.56 Å². The summed E-state index contributed by atoms with van der Waals surface area (Å²) in [7, 11) is 0. The first-order valence-corrected chi connectivity index (χ1v) is 4.05. The number of nitrogens with two attached hydrogens (primary N) is 1. The molecule has 0 amide bonds. The maximum Gasteiger partial charge on any atom is 0.405 e. The molecule has 0 unspecified atom stereocenters. The average Bonchev–Trinajstić information content (AvgIpc) is 2.06. The van der Waals surface area contributed by atoms with Crippen LogP contribution in [0.4, 0.5) is 24.5 Å². The van der Waals surface area contributed by atoms with E-state index in [4.69, 9.17) is 5.73 Å². The lowest BCUT2D eigenvalue weighted by Crippen LogP contribution is -2.21. The van der Waals surface area contributed by atoms with Crippen LogP contribution in [-0.4, -0.2) is 12.7 Å². The molecule has 3 N–H and O–H groups in total. The van der Waals surface area contributed by atoms with E-state index in [1.165, 1.54) is 6.07 Å². The van der Waals surface area contributed by atoms with Crippen molar-refractivity contribution in [2.45, 2.75) is 13.1 Å². The van der Waals surface area contributed by atoms with Gasteiger partial charge in [-0.1, -0.05) is 0 Å². The second-order valence-electron chi connectivity index (χ2n) is 3.04. The molecule has 2 nitrogen and oxygen atoms in total. The van der Waals surface area contributed by atoms with E-state index in [1.54, 1.807) is 19.1 Å². The van der Waals surface area contributed by atoms with Gasteiger partial charge in [-0.25, -0.2) is 0 Å². The van der Waals surface area contributed by atoms with Gasteiger partial charge in [-0.2, -0.15) is 13.2 Å². The van der Waals surface area contributed by atoms with Crippen LogP contribution in [0.2, 0.25) is 0 Å². The van der Waals surface area contributed by atoms with Crippen molar-refractivity contribution in [1.29, 1.82) is 0 Å². The summed E-state index contributed by atoms with van der Waals surface area (Å²) in [6.45, 7) is 0.713. The molecular weight excluding hydrogens is 193 g/mol. The van der Waals surface area contributed by atoms with Crippen LogP contribution < -0.4 is 11.1 Å². The molecule has 1 rings (SSSR count). The Morgan fingerprint density at radius 2 is 2.00 bits per heavy atom. The van der Waals surface area contributed by atoms with Gasteiger partial charge in [0.05, 0.1) is 0 Å². The number of nitrogen functional groups attached to an aromatic ring is 1. The molecule has 1 aromatic rings. The van der Waals surface area contributed by atoms with Gasteiger partial charge in [-0.05, 0) is 30.7 Å². The predicted octanol–water partition coefficient (Wildman–Crippen LogP) is 2.55. The number of halogens is 3.